The Morgan fingerprint density at radius 1 is 0.897 bits per heavy atom. The fraction of sp³-hybridized carbons (Fsp3) is 0.0476. The molecule has 2 amide bonds. The molecule has 144 valence electrons. The molecule has 29 heavy (non-hydrogen) atoms. The van der Waals surface area contributed by atoms with E-state index in [-0.39, 0.29) is 11.8 Å². The summed E-state index contributed by atoms with van der Waals surface area (Å²) in [6.45, 7) is 2.03. The smallest absolute Gasteiger partial charge is 0.275 e. The number of amides is 2. The van der Waals surface area contributed by atoms with Crippen molar-refractivity contribution in [3.63, 3.8) is 0 Å². The summed E-state index contributed by atoms with van der Waals surface area (Å²) in [6.07, 6.45) is 1.63. The maximum Gasteiger partial charge on any atom is 0.275 e. The molecule has 0 atom stereocenters. The van der Waals surface area contributed by atoms with Gasteiger partial charge in [0.15, 0.2) is 5.13 Å². The third-order valence-corrected chi connectivity index (χ3v) is 5.67. The van der Waals surface area contributed by atoms with Gasteiger partial charge in [0, 0.05) is 33.8 Å². The van der Waals surface area contributed by atoms with E-state index in [1.165, 1.54) is 28.2 Å². The highest BCUT2D eigenvalue weighted by atomic mass is 32.1. The van der Waals surface area contributed by atoms with Gasteiger partial charge in [-0.05, 0) is 31.2 Å². The molecule has 0 aliphatic carbocycles. The van der Waals surface area contributed by atoms with Crippen molar-refractivity contribution in [3.8, 4) is 10.6 Å². The first-order chi connectivity index (χ1) is 14.1. The zero-order chi connectivity index (χ0) is 20.2. The van der Waals surface area contributed by atoms with Gasteiger partial charge in [-0.15, -0.1) is 22.7 Å². The van der Waals surface area contributed by atoms with E-state index >= 15 is 0 Å². The van der Waals surface area contributed by atoms with Gasteiger partial charge in [0.1, 0.15) is 10.7 Å². The monoisotopic (exact) mass is 420 g/mol. The maximum atomic E-state index is 12.5. The van der Waals surface area contributed by atoms with Crippen LogP contribution in [0, 0.1) is 6.92 Å². The minimum absolute atomic E-state index is 0.250. The van der Waals surface area contributed by atoms with Gasteiger partial charge in [0.2, 0.25) is 0 Å². The van der Waals surface area contributed by atoms with E-state index in [1.807, 2.05) is 31.2 Å². The fourth-order valence-electron chi connectivity index (χ4n) is 2.56. The second-order valence-corrected chi connectivity index (χ2v) is 7.98. The molecule has 2 aromatic carbocycles. The summed E-state index contributed by atoms with van der Waals surface area (Å²) in [6, 6.07) is 14.7. The van der Waals surface area contributed by atoms with Crippen molar-refractivity contribution in [3.05, 3.63) is 82.3 Å². The average molecular weight is 421 g/mol. The molecule has 6 nitrogen and oxygen atoms in total. The fourth-order valence-corrected chi connectivity index (χ4v) is 3.89. The number of nitrogens with one attached hydrogen (secondary N) is 2. The largest absolute Gasteiger partial charge is 0.321 e. The lowest BCUT2D eigenvalue weighted by Crippen LogP contribution is -2.14. The molecule has 8 heteroatoms. The Morgan fingerprint density at radius 3 is 2.34 bits per heavy atom. The molecule has 0 saturated carbocycles. The van der Waals surface area contributed by atoms with E-state index in [1.54, 1.807) is 41.2 Å². The first-order valence-electron chi connectivity index (χ1n) is 8.73. The van der Waals surface area contributed by atoms with E-state index in [4.69, 9.17) is 0 Å². The Kier molecular flexibility index (Phi) is 5.46. The highest BCUT2D eigenvalue weighted by Gasteiger charge is 2.13. The summed E-state index contributed by atoms with van der Waals surface area (Å²) < 4.78 is 0. The maximum absolute atomic E-state index is 12.5. The second-order valence-electron chi connectivity index (χ2n) is 6.23. The minimum atomic E-state index is -0.292. The Morgan fingerprint density at radius 2 is 1.66 bits per heavy atom. The highest BCUT2D eigenvalue weighted by Crippen LogP contribution is 2.24. The quantitative estimate of drug-likeness (QED) is 0.472. The first-order valence-corrected chi connectivity index (χ1v) is 10.5. The molecule has 0 saturated heterocycles. The second kappa shape index (κ2) is 8.34. The number of anilines is 2. The standard InChI is InChI=1S/C21H16N4O2S2/c1-13-2-4-15(5-3-13)20-24-17(12-29-20)19(27)23-16-8-6-14(7-9-16)18(26)25-21-22-10-11-28-21/h2-12H,1H3,(H,23,27)(H,22,25,26). The van der Waals surface area contributed by atoms with E-state index in [0.29, 0.717) is 22.1 Å². The molecule has 0 aliphatic heterocycles. The number of aryl methyl sites for hydroxylation is 1. The number of hydrogen-bond donors (Lipinski definition) is 2. The lowest BCUT2D eigenvalue weighted by atomic mass is 10.2. The van der Waals surface area contributed by atoms with Crippen LogP contribution in [0.4, 0.5) is 10.8 Å². The lowest BCUT2D eigenvalue weighted by Gasteiger charge is -2.05. The molecule has 4 rings (SSSR count). The number of carbonyl (C=O) groups is 2. The van der Waals surface area contributed by atoms with E-state index < -0.39 is 0 Å². The zero-order valence-corrected chi connectivity index (χ0v) is 17.0. The molecule has 0 spiro atoms. The molecule has 4 aromatic rings. The highest BCUT2D eigenvalue weighted by molar-refractivity contribution is 7.14. The van der Waals surface area contributed by atoms with E-state index in [2.05, 4.69) is 20.6 Å². The Hall–Kier alpha value is -3.36. The van der Waals surface area contributed by atoms with Crippen LogP contribution in [-0.2, 0) is 0 Å². The first kappa shape index (κ1) is 19.0. The predicted molar refractivity (Wildman–Crippen MR) is 117 cm³/mol. The van der Waals surface area contributed by atoms with Crippen molar-refractivity contribution >= 4 is 45.3 Å². The van der Waals surface area contributed by atoms with Gasteiger partial charge in [-0.3, -0.25) is 14.9 Å². The molecular formula is C21H16N4O2S2. The van der Waals surface area contributed by atoms with E-state index in [0.717, 1.165) is 10.6 Å². The summed E-state index contributed by atoms with van der Waals surface area (Å²) in [7, 11) is 0. The van der Waals surface area contributed by atoms with Crippen LogP contribution in [0.3, 0.4) is 0 Å². The molecule has 0 unspecified atom stereocenters. The summed E-state index contributed by atoms with van der Waals surface area (Å²) in [5.74, 6) is -0.542. The van der Waals surface area contributed by atoms with Crippen molar-refractivity contribution in [1.82, 2.24) is 9.97 Å². The van der Waals surface area contributed by atoms with Crippen molar-refractivity contribution in [1.29, 1.82) is 0 Å². The average Bonchev–Trinajstić information content (AvgIpc) is 3.41. The summed E-state index contributed by atoms with van der Waals surface area (Å²) in [4.78, 5) is 33.1. The number of hydrogen-bond acceptors (Lipinski definition) is 6. The molecule has 0 radical (unpaired) electrons. The number of nitrogens with zero attached hydrogens (tertiary/aromatic N) is 2. The Bertz CT molecular complexity index is 1130. The molecule has 2 N–H and O–H groups in total. The van der Waals surface area contributed by atoms with Crippen LogP contribution >= 0.6 is 22.7 Å². The number of benzene rings is 2. The summed E-state index contributed by atoms with van der Waals surface area (Å²) >= 11 is 2.78. The van der Waals surface area contributed by atoms with Gasteiger partial charge < -0.3 is 5.32 Å². The number of carbonyl (C=O) groups excluding carboxylic acids is 2. The van der Waals surface area contributed by atoms with E-state index in [9.17, 15) is 9.59 Å². The van der Waals surface area contributed by atoms with Crippen LogP contribution in [0.25, 0.3) is 10.6 Å². The van der Waals surface area contributed by atoms with Gasteiger partial charge in [0.05, 0.1) is 0 Å². The topological polar surface area (TPSA) is 84.0 Å². The Balaban J connectivity index is 1.41. The lowest BCUT2D eigenvalue weighted by molar-refractivity contribution is 0.101. The van der Waals surface area contributed by atoms with Gasteiger partial charge in [-0.2, -0.15) is 0 Å². The normalized spacial score (nSPS) is 10.5. The van der Waals surface area contributed by atoms with Gasteiger partial charge in [0.25, 0.3) is 11.8 Å². The Labute approximate surface area is 175 Å². The molecule has 0 aliphatic rings. The molecule has 0 fully saturated rings. The number of aromatic nitrogens is 2. The third kappa shape index (κ3) is 4.56. The zero-order valence-electron chi connectivity index (χ0n) is 15.4. The van der Waals surface area contributed by atoms with Gasteiger partial charge in [-0.25, -0.2) is 9.97 Å². The van der Waals surface area contributed by atoms with Gasteiger partial charge >= 0.3 is 0 Å². The van der Waals surface area contributed by atoms with Crippen LogP contribution in [0.1, 0.15) is 26.4 Å². The van der Waals surface area contributed by atoms with Crippen LogP contribution < -0.4 is 10.6 Å². The minimum Gasteiger partial charge on any atom is -0.321 e. The summed E-state index contributed by atoms with van der Waals surface area (Å²) in [5, 5.41) is 10.4. The van der Waals surface area contributed by atoms with Crippen molar-refractivity contribution in [2.75, 3.05) is 10.6 Å². The predicted octanol–water partition coefficient (Wildman–Crippen LogP) is 5.08. The van der Waals surface area contributed by atoms with Crippen LogP contribution in [0.5, 0.6) is 0 Å². The molecule has 2 heterocycles. The molecule has 2 aromatic heterocycles. The van der Waals surface area contributed by atoms with Crippen LogP contribution in [0.15, 0.2) is 65.5 Å². The van der Waals surface area contributed by atoms with Crippen molar-refractivity contribution < 1.29 is 9.59 Å². The SMILES string of the molecule is Cc1ccc(-c2nc(C(=O)Nc3ccc(C(=O)Nc4nccs4)cc3)cs2)cc1. The van der Waals surface area contributed by atoms with Crippen molar-refractivity contribution in [2.24, 2.45) is 0 Å². The van der Waals surface area contributed by atoms with Gasteiger partial charge in [-0.1, -0.05) is 29.8 Å². The molecular weight excluding hydrogens is 404 g/mol. The molecule has 0 bridgehead atoms. The van der Waals surface area contributed by atoms with Crippen molar-refractivity contribution in [2.45, 2.75) is 6.92 Å². The van der Waals surface area contributed by atoms with Crippen LogP contribution in [0.2, 0.25) is 0 Å². The number of rotatable bonds is 5. The number of thiazole rings is 2. The third-order valence-electron chi connectivity index (χ3n) is 4.09. The summed E-state index contributed by atoms with van der Waals surface area (Å²) in [5.41, 5.74) is 3.58. The van der Waals surface area contributed by atoms with Crippen LogP contribution in [-0.4, -0.2) is 21.8 Å².